The van der Waals surface area contributed by atoms with Crippen LogP contribution in [0.5, 0.6) is 11.5 Å². The highest BCUT2D eigenvalue weighted by Gasteiger charge is 2.20. The van der Waals surface area contributed by atoms with Gasteiger partial charge >= 0.3 is 11.7 Å². The largest absolute Gasteiger partial charge is 0.497 e. The lowest BCUT2D eigenvalue weighted by Gasteiger charge is -2.29. The molecule has 0 aliphatic carbocycles. The SMILES string of the molecule is COc1cccc(-c2cc(NC(=O)Nc3cc4ccc(OC5CCN(C)CC5)c(C)c4oc3=O)ccc2C)c1. The second-order valence-electron chi connectivity index (χ2n) is 10.0. The van der Waals surface area contributed by atoms with Crippen molar-refractivity contribution in [2.24, 2.45) is 0 Å². The number of nitrogens with zero attached hydrogens (tertiary/aromatic N) is 1. The third-order valence-electron chi connectivity index (χ3n) is 7.18. The number of carbonyl (C=O) groups excluding carboxylic acids is 1. The first kappa shape index (κ1) is 26.3. The number of likely N-dealkylation sites (tertiary alicyclic amines) is 1. The summed E-state index contributed by atoms with van der Waals surface area (Å²) in [6.07, 6.45) is 2.05. The van der Waals surface area contributed by atoms with Gasteiger partial charge in [0.1, 0.15) is 28.9 Å². The van der Waals surface area contributed by atoms with Crippen LogP contribution < -0.4 is 25.7 Å². The molecule has 2 heterocycles. The summed E-state index contributed by atoms with van der Waals surface area (Å²) < 4.78 is 17.2. The molecule has 0 atom stereocenters. The molecule has 1 aromatic heterocycles. The minimum atomic E-state index is -0.627. The average molecular weight is 528 g/mol. The average Bonchev–Trinajstić information content (AvgIpc) is 2.93. The van der Waals surface area contributed by atoms with Crippen molar-refractivity contribution in [3.05, 3.63) is 82.2 Å². The Balaban J connectivity index is 1.32. The van der Waals surface area contributed by atoms with Crippen molar-refractivity contribution in [1.29, 1.82) is 0 Å². The normalized spacial score (nSPS) is 14.3. The molecule has 2 N–H and O–H groups in total. The molecular weight excluding hydrogens is 494 g/mol. The first-order chi connectivity index (χ1) is 18.8. The fourth-order valence-electron chi connectivity index (χ4n) is 4.89. The van der Waals surface area contributed by atoms with Crippen molar-refractivity contribution in [1.82, 2.24) is 4.90 Å². The number of hydrogen-bond donors (Lipinski definition) is 2. The Morgan fingerprint density at radius 3 is 2.56 bits per heavy atom. The van der Waals surface area contributed by atoms with Crippen molar-refractivity contribution >= 4 is 28.4 Å². The second kappa shape index (κ2) is 11.2. The molecule has 1 aliphatic rings. The molecule has 8 nitrogen and oxygen atoms in total. The van der Waals surface area contributed by atoms with Crippen LogP contribution in [-0.2, 0) is 0 Å². The zero-order valence-corrected chi connectivity index (χ0v) is 22.7. The predicted molar refractivity (Wildman–Crippen MR) is 154 cm³/mol. The maximum Gasteiger partial charge on any atom is 0.360 e. The number of amides is 2. The van der Waals surface area contributed by atoms with Crippen LogP contribution in [0.4, 0.5) is 16.2 Å². The van der Waals surface area contributed by atoms with Gasteiger partial charge in [0.2, 0.25) is 0 Å². The van der Waals surface area contributed by atoms with Gasteiger partial charge in [-0.1, -0.05) is 18.2 Å². The van der Waals surface area contributed by atoms with E-state index in [0.717, 1.165) is 53.9 Å². The number of anilines is 2. The van der Waals surface area contributed by atoms with E-state index in [0.29, 0.717) is 22.4 Å². The summed E-state index contributed by atoms with van der Waals surface area (Å²) in [5.74, 6) is 1.46. The maximum atomic E-state index is 12.8. The molecule has 0 spiro atoms. The van der Waals surface area contributed by atoms with Gasteiger partial charge in [0.15, 0.2) is 0 Å². The van der Waals surface area contributed by atoms with Crippen LogP contribution in [0.25, 0.3) is 22.1 Å². The van der Waals surface area contributed by atoms with E-state index in [1.807, 2.05) is 68.4 Å². The number of carbonyl (C=O) groups is 1. The molecular formula is C31H33N3O5. The number of benzene rings is 3. The zero-order valence-electron chi connectivity index (χ0n) is 22.7. The van der Waals surface area contributed by atoms with Gasteiger partial charge in [-0.25, -0.2) is 9.59 Å². The highest BCUT2D eigenvalue weighted by molar-refractivity contribution is 6.01. The Kier molecular flexibility index (Phi) is 7.56. The third-order valence-corrected chi connectivity index (χ3v) is 7.18. The standard InChI is InChI=1S/C31H33N3O5/c1-19-8-10-23(18-26(19)21-6-5-7-25(16-21)37-4)32-31(36)33-27-17-22-9-11-28(20(2)29(22)39-30(27)35)38-24-12-14-34(3)15-13-24/h5-11,16-18,24H,12-15H2,1-4H3,(H2,32,33,36). The molecule has 8 heteroatoms. The molecule has 0 unspecified atom stereocenters. The topological polar surface area (TPSA) is 93.0 Å². The van der Waals surface area contributed by atoms with Gasteiger partial charge in [0.25, 0.3) is 0 Å². The fraction of sp³-hybridized carbons (Fsp3) is 0.290. The summed E-state index contributed by atoms with van der Waals surface area (Å²) in [6.45, 7) is 5.88. The molecule has 1 saturated heterocycles. The molecule has 1 aliphatic heterocycles. The Labute approximate surface area is 227 Å². The highest BCUT2D eigenvalue weighted by Crippen LogP contribution is 2.31. The van der Waals surface area contributed by atoms with Gasteiger partial charge in [0.05, 0.1) is 7.11 Å². The summed E-state index contributed by atoms with van der Waals surface area (Å²) >= 11 is 0. The van der Waals surface area contributed by atoms with Crippen molar-refractivity contribution < 1.29 is 18.7 Å². The Morgan fingerprint density at radius 1 is 1.00 bits per heavy atom. The minimum absolute atomic E-state index is 0.0588. The smallest absolute Gasteiger partial charge is 0.360 e. The van der Waals surface area contributed by atoms with Gasteiger partial charge in [-0.15, -0.1) is 0 Å². The van der Waals surface area contributed by atoms with E-state index in [9.17, 15) is 9.59 Å². The lowest BCUT2D eigenvalue weighted by Crippen LogP contribution is -2.35. The van der Waals surface area contributed by atoms with Crippen molar-refractivity contribution in [3.8, 4) is 22.6 Å². The number of nitrogens with one attached hydrogen (secondary N) is 2. The van der Waals surface area contributed by atoms with Gasteiger partial charge in [-0.05, 0) is 92.9 Å². The quantitative estimate of drug-likeness (QED) is 0.290. The fourth-order valence-corrected chi connectivity index (χ4v) is 4.89. The maximum absolute atomic E-state index is 12.8. The van der Waals surface area contributed by atoms with Crippen LogP contribution in [-0.4, -0.2) is 44.3 Å². The van der Waals surface area contributed by atoms with Crippen molar-refractivity contribution in [2.75, 3.05) is 37.9 Å². The number of rotatable bonds is 6. The lowest BCUT2D eigenvalue weighted by molar-refractivity contribution is 0.113. The Morgan fingerprint density at radius 2 is 1.79 bits per heavy atom. The summed E-state index contributed by atoms with van der Waals surface area (Å²) in [5, 5.41) is 6.15. The van der Waals surface area contributed by atoms with Gasteiger partial charge in [0, 0.05) is 29.7 Å². The number of methoxy groups -OCH3 is 1. The van der Waals surface area contributed by atoms with E-state index >= 15 is 0 Å². The lowest BCUT2D eigenvalue weighted by atomic mass is 9.99. The molecule has 5 rings (SSSR count). The molecule has 39 heavy (non-hydrogen) atoms. The molecule has 4 aromatic rings. The van der Waals surface area contributed by atoms with Crippen LogP contribution in [0.3, 0.4) is 0 Å². The number of fused-ring (bicyclic) bond motifs is 1. The van der Waals surface area contributed by atoms with Gasteiger partial charge in [-0.2, -0.15) is 0 Å². The van der Waals surface area contributed by atoms with Gasteiger partial charge in [-0.3, -0.25) is 0 Å². The highest BCUT2D eigenvalue weighted by atomic mass is 16.5. The van der Waals surface area contributed by atoms with Crippen LogP contribution in [0.15, 0.2) is 69.9 Å². The minimum Gasteiger partial charge on any atom is -0.497 e. The first-order valence-corrected chi connectivity index (χ1v) is 13.1. The summed E-state index contributed by atoms with van der Waals surface area (Å²) in [4.78, 5) is 27.9. The Hall–Kier alpha value is -4.30. The predicted octanol–water partition coefficient (Wildman–Crippen LogP) is 6.20. The number of hydrogen-bond acceptors (Lipinski definition) is 6. The first-order valence-electron chi connectivity index (χ1n) is 13.1. The second-order valence-corrected chi connectivity index (χ2v) is 10.0. The van der Waals surface area contributed by atoms with Crippen molar-refractivity contribution in [2.45, 2.75) is 32.8 Å². The molecule has 0 saturated carbocycles. The number of aryl methyl sites for hydroxylation is 2. The van der Waals surface area contributed by atoms with E-state index in [2.05, 4.69) is 22.6 Å². The molecule has 0 bridgehead atoms. The molecule has 1 fully saturated rings. The van der Waals surface area contributed by atoms with Crippen LogP contribution in [0, 0.1) is 13.8 Å². The molecule has 2 amide bonds. The zero-order chi connectivity index (χ0) is 27.5. The molecule has 202 valence electrons. The monoisotopic (exact) mass is 527 g/mol. The van der Waals surface area contributed by atoms with E-state index in [1.54, 1.807) is 13.2 Å². The van der Waals surface area contributed by atoms with Gasteiger partial charge < -0.3 is 29.4 Å². The summed E-state index contributed by atoms with van der Waals surface area (Å²) in [6, 6.07) is 18.2. The molecule has 0 radical (unpaired) electrons. The van der Waals surface area contributed by atoms with Crippen molar-refractivity contribution in [3.63, 3.8) is 0 Å². The summed E-state index contributed by atoms with van der Waals surface area (Å²) in [7, 11) is 3.74. The Bertz CT molecular complexity index is 1570. The van der Waals surface area contributed by atoms with E-state index in [4.69, 9.17) is 13.9 Å². The van der Waals surface area contributed by atoms with Crippen LogP contribution in [0.2, 0.25) is 0 Å². The van der Waals surface area contributed by atoms with E-state index in [1.165, 1.54) is 0 Å². The number of ether oxygens (including phenoxy) is 2. The van der Waals surface area contributed by atoms with E-state index in [-0.39, 0.29) is 11.8 Å². The summed E-state index contributed by atoms with van der Waals surface area (Å²) in [5.41, 5.74) is 4.24. The number of urea groups is 1. The van der Waals surface area contributed by atoms with Crippen LogP contribution >= 0.6 is 0 Å². The third kappa shape index (κ3) is 5.91. The molecule has 3 aromatic carbocycles. The van der Waals surface area contributed by atoms with E-state index < -0.39 is 11.7 Å². The number of piperidine rings is 1. The van der Waals surface area contributed by atoms with Crippen LogP contribution in [0.1, 0.15) is 24.0 Å².